The van der Waals surface area contributed by atoms with Gasteiger partial charge in [0, 0.05) is 7.05 Å². The summed E-state index contributed by atoms with van der Waals surface area (Å²) in [6, 6.07) is 13.4. The second-order valence-electron chi connectivity index (χ2n) is 4.43. The van der Waals surface area contributed by atoms with E-state index >= 15 is 0 Å². The molecule has 2 aromatic carbocycles. The minimum atomic E-state index is -0.345. The zero-order valence-electron chi connectivity index (χ0n) is 11.5. The molecule has 0 atom stereocenters. The lowest BCUT2D eigenvalue weighted by Crippen LogP contribution is -2.26. The average Bonchev–Trinajstić information content (AvgIpc) is 2.47. The number of rotatable bonds is 5. The van der Waals surface area contributed by atoms with Gasteiger partial charge in [0.1, 0.15) is 11.6 Å². The van der Waals surface area contributed by atoms with Crippen molar-refractivity contribution in [3.8, 4) is 5.75 Å². The summed E-state index contributed by atoms with van der Waals surface area (Å²) in [5.74, 6) is 0.0652. The molecule has 4 heteroatoms. The Hall–Kier alpha value is -2.36. The highest BCUT2D eigenvalue weighted by Gasteiger charge is 2.15. The Labute approximate surface area is 117 Å². The highest BCUT2D eigenvalue weighted by Crippen LogP contribution is 2.21. The van der Waals surface area contributed by atoms with Gasteiger partial charge in [0.05, 0.1) is 24.9 Å². The van der Waals surface area contributed by atoms with Crippen LogP contribution >= 0.6 is 0 Å². The van der Waals surface area contributed by atoms with Crippen LogP contribution in [0.2, 0.25) is 0 Å². The van der Waals surface area contributed by atoms with Gasteiger partial charge in [0.2, 0.25) is 0 Å². The van der Waals surface area contributed by atoms with E-state index in [0.717, 1.165) is 0 Å². The van der Waals surface area contributed by atoms with Crippen LogP contribution in [-0.4, -0.2) is 26.5 Å². The molecule has 0 saturated heterocycles. The first-order valence-electron chi connectivity index (χ1n) is 6.25. The number of ether oxygens (including phenoxy) is 1. The molecular formula is C16H16FNO2. The van der Waals surface area contributed by atoms with E-state index in [1.165, 1.54) is 13.2 Å². The first-order valence-corrected chi connectivity index (χ1v) is 6.25. The van der Waals surface area contributed by atoms with Crippen LogP contribution < -0.4 is 9.64 Å². The van der Waals surface area contributed by atoms with Gasteiger partial charge in [-0.25, -0.2) is 4.39 Å². The van der Waals surface area contributed by atoms with Crippen LogP contribution in [0.25, 0.3) is 0 Å². The first-order chi connectivity index (χ1) is 9.63. The molecule has 0 saturated carbocycles. The fraction of sp³-hybridized carbons (Fsp3) is 0.188. The summed E-state index contributed by atoms with van der Waals surface area (Å²) in [6.07, 6.45) is 0. The second kappa shape index (κ2) is 6.19. The molecule has 0 radical (unpaired) electrons. The van der Waals surface area contributed by atoms with Gasteiger partial charge >= 0.3 is 0 Å². The maximum Gasteiger partial charge on any atom is 0.185 e. The van der Waals surface area contributed by atoms with Crippen LogP contribution in [0.4, 0.5) is 10.1 Å². The molecule has 0 aliphatic heterocycles. The van der Waals surface area contributed by atoms with Gasteiger partial charge in [0.15, 0.2) is 5.78 Å². The number of hydrogen-bond acceptors (Lipinski definition) is 3. The zero-order chi connectivity index (χ0) is 14.5. The van der Waals surface area contributed by atoms with Crippen LogP contribution in [0, 0.1) is 5.82 Å². The molecule has 0 unspecified atom stereocenters. The van der Waals surface area contributed by atoms with Crippen molar-refractivity contribution in [2.75, 3.05) is 25.6 Å². The summed E-state index contributed by atoms with van der Waals surface area (Å²) >= 11 is 0. The molecule has 0 spiro atoms. The van der Waals surface area contributed by atoms with Crippen molar-refractivity contribution < 1.29 is 13.9 Å². The van der Waals surface area contributed by atoms with Gasteiger partial charge in [-0.3, -0.25) is 4.79 Å². The number of carbonyl (C=O) groups is 1. The van der Waals surface area contributed by atoms with E-state index in [-0.39, 0.29) is 18.1 Å². The van der Waals surface area contributed by atoms with Crippen molar-refractivity contribution in [2.24, 2.45) is 0 Å². The van der Waals surface area contributed by atoms with E-state index in [0.29, 0.717) is 17.0 Å². The molecule has 0 fully saturated rings. The number of halogens is 1. The van der Waals surface area contributed by atoms with E-state index in [1.807, 2.05) is 0 Å². The molecule has 2 aromatic rings. The molecular weight excluding hydrogens is 257 g/mol. The number of benzene rings is 2. The predicted molar refractivity (Wildman–Crippen MR) is 77.0 cm³/mol. The van der Waals surface area contributed by atoms with Crippen molar-refractivity contribution in [3.05, 3.63) is 59.9 Å². The van der Waals surface area contributed by atoms with E-state index in [4.69, 9.17) is 4.74 Å². The molecule has 2 rings (SSSR count). The summed E-state index contributed by atoms with van der Waals surface area (Å²) in [5, 5.41) is 0. The number of ketones is 1. The maximum absolute atomic E-state index is 13.7. The Balaban J connectivity index is 2.18. The number of carbonyl (C=O) groups excluding carboxylic acids is 1. The molecule has 0 amide bonds. The molecule has 20 heavy (non-hydrogen) atoms. The Kier molecular flexibility index (Phi) is 4.35. The van der Waals surface area contributed by atoms with Crippen LogP contribution in [-0.2, 0) is 0 Å². The highest BCUT2D eigenvalue weighted by atomic mass is 19.1. The number of Topliss-reactive ketones (excluding diaryl/α,β-unsaturated/α-hetero) is 1. The van der Waals surface area contributed by atoms with Gasteiger partial charge in [-0.1, -0.05) is 24.3 Å². The quantitative estimate of drug-likeness (QED) is 0.784. The summed E-state index contributed by atoms with van der Waals surface area (Å²) in [7, 11) is 3.21. The van der Waals surface area contributed by atoms with Crippen molar-refractivity contribution in [1.29, 1.82) is 0 Å². The Morgan fingerprint density at radius 1 is 1.15 bits per heavy atom. The van der Waals surface area contributed by atoms with E-state index in [9.17, 15) is 9.18 Å². The third-order valence-corrected chi connectivity index (χ3v) is 3.05. The summed E-state index contributed by atoms with van der Waals surface area (Å²) < 4.78 is 18.8. The smallest absolute Gasteiger partial charge is 0.185 e. The fourth-order valence-electron chi connectivity index (χ4n) is 2.02. The SMILES string of the molecule is COc1ccccc1C(=O)CN(C)c1ccccc1F. The molecule has 0 bridgehead atoms. The lowest BCUT2D eigenvalue weighted by Gasteiger charge is -2.19. The molecule has 3 nitrogen and oxygen atoms in total. The Morgan fingerprint density at radius 2 is 1.80 bits per heavy atom. The molecule has 0 aliphatic rings. The van der Waals surface area contributed by atoms with Crippen molar-refractivity contribution in [1.82, 2.24) is 0 Å². The molecule has 0 N–H and O–H groups in total. The molecule has 0 aliphatic carbocycles. The number of para-hydroxylation sites is 2. The maximum atomic E-state index is 13.7. The van der Waals surface area contributed by atoms with Crippen LogP contribution in [0.15, 0.2) is 48.5 Å². The van der Waals surface area contributed by atoms with Gasteiger partial charge < -0.3 is 9.64 Å². The number of anilines is 1. The fourth-order valence-corrected chi connectivity index (χ4v) is 2.02. The number of nitrogens with zero attached hydrogens (tertiary/aromatic N) is 1. The average molecular weight is 273 g/mol. The molecule has 0 heterocycles. The van der Waals surface area contributed by atoms with Gasteiger partial charge in [0.25, 0.3) is 0 Å². The standard InChI is InChI=1S/C16H16FNO2/c1-18(14-9-5-4-8-13(14)17)11-15(19)12-7-3-6-10-16(12)20-2/h3-10H,11H2,1-2H3. The third-order valence-electron chi connectivity index (χ3n) is 3.05. The van der Waals surface area contributed by atoms with Crippen LogP contribution in [0.1, 0.15) is 10.4 Å². The number of likely N-dealkylation sites (N-methyl/N-ethyl adjacent to an activating group) is 1. The van der Waals surface area contributed by atoms with Gasteiger partial charge in [-0.05, 0) is 24.3 Å². The minimum Gasteiger partial charge on any atom is -0.496 e. The largest absolute Gasteiger partial charge is 0.496 e. The summed E-state index contributed by atoms with van der Waals surface area (Å²) in [5.41, 5.74) is 0.897. The molecule has 104 valence electrons. The topological polar surface area (TPSA) is 29.5 Å². The van der Waals surface area contributed by atoms with E-state index in [2.05, 4.69) is 0 Å². The Morgan fingerprint density at radius 3 is 2.50 bits per heavy atom. The zero-order valence-corrected chi connectivity index (χ0v) is 11.5. The molecule has 0 aromatic heterocycles. The van der Waals surface area contributed by atoms with Crippen molar-refractivity contribution in [2.45, 2.75) is 0 Å². The van der Waals surface area contributed by atoms with E-state index in [1.54, 1.807) is 54.4 Å². The van der Waals surface area contributed by atoms with Crippen LogP contribution in [0.5, 0.6) is 5.75 Å². The lowest BCUT2D eigenvalue weighted by atomic mass is 10.1. The monoisotopic (exact) mass is 273 g/mol. The lowest BCUT2D eigenvalue weighted by molar-refractivity contribution is 0.0997. The summed E-state index contributed by atoms with van der Waals surface area (Å²) in [6.45, 7) is 0.0846. The number of methoxy groups -OCH3 is 1. The van der Waals surface area contributed by atoms with Gasteiger partial charge in [-0.2, -0.15) is 0 Å². The van der Waals surface area contributed by atoms with Crippen molar-refractivity contribution >= 4 is 11.5 Å². The third kappa shape index (κ3) is 2.96. The summed E-state index contributed by atoms with van der Waals surface area (Å²) in [4.78, 5) is 13.9. The Bertz CT molecular complexity index is 613. The second-order valence-corrected chi connectivity index (χ2v) is 4.43. The predicted octanol–water partition coefficient (Wildman–Crippen LogP) is 3.15. The van der Waals surface area contributed by atoms with Crippen LogP contribution in [0.3, 0.4) is 0 Å². The first kappa shape index (κ1) is 14.1. The van der Waals surface area contributed by atoms with Gasteiger partial charge in [-0.15, -0.1) is 0 Å². The highest BCUT2D eigenvalue weighted by molar-refractivity contribution is 6.01. The number of hydrogen-bond donors (Lipinski definition) is 0. The minimum absolute atomic E-state index is 0.0846. The van der Waals surface area contributed by atoms with E-state index < -0.39 is 0 Å². The normalized spacial score (nSPS) is 10.2. The van der Waals surface area contributed by atoms with Crippen molar-refractivity contribution in [3.63, 3.8) is 0 Å².